The maximum absolute atomic E-state index is 12.8. The van der Waals surface area contributed by atoms with Gasteiger partial charge in [0.1, 0.15) is 5.82 Å². The Morgan fingerprint density at radius 2 is 1.95 bits per heavy atom. The molecule has 0 unspecified atom stereocenters. The Bertz CT molecular complexity index is 768. The van der Waals surface area contributed by atoms with E-state index in [-0.39, 0.29) is 17.0 Å². The normalized spacial score (nSPS) is 12.3. The van der Waals surface area contributed by atoms with E-state index < -0.39 is 0 Å². The lowest BCUT2D eigenvalue weighted by Crippen LogP contribution is -2.22. The van der Waals surface area contributed by atoms with Gasteiger partial charge in [0.05, 0.1) is 15.5 Å². The zero-order chi connectivity index (χ0) is 15.5. The zero-order valence-corrected chi connectivity index (χ0v) is 13.4. The molecule has 22 heavy (non-hydrogen) atoms. The number of nitrogens with zero attached hydrogens (tertiary/aromatic N) is 1. The van der Waals surface area contributed by atoms with Crippen LogP contribution in [0.15, 0.2) is 52.9 Å². The van der Waals surface area contributed by atoms with E-state index in [2.05, 4.69) is 10.3 Å². The summed E-state index contributed by atoms with van der Waals surface area (Å²) in [6.45, 7) is 1.83. The van der Waals surface area contributed by atoms with Gasteiger partial charge in [-0.1, -0.05) is 23.9 Å². The van der Waals surface area contributed by atoms with Gasteiger partial charge in [-0.2, -0.15) is 0 Å². The highest BCUT2D eigenvalue weighted by Crippen LogP contribution is 2.32. The monoisotopic (exact) mass is 332 g/mol. The fourth-order valence-electron chi connectivity index (χ4n) is 1.88. The predicted molar refractivity (Wildman–Crippen MR) is 90.0 cm³/mol. The van der Waals surface area contributed by atoms with Gasteiger partial charge in [-0.15, -0.1) is 11.3 Å². The summed E-state index contributed by atoms with van der Waals surface area (Å²) in [5, 5.41) is 2.49. The SMILES string of the molecule is C[C@H](Sc1nc2ccccc2s1)C(=O)Nc1ccc(F)cc1. The number of benzene rings is 2. The van der Waals surface area contributed by atoms with E-state index in [9.17, 15) is 9.18 Å². The molecule has 0 spiro atoms. The van der Waals surface area contributed by atoms with Gasteiger partial charge in [0.25, 0.3) is 0 Å². The molecule has 0 radical (unpaired) electrons. The average molecular weight is 332 g/mol. The largest absolute Gasteiger partial charge is 0.325 e. The maximum atomic E-state index is 12.8. The summed E-state index contributed by atoms with van der Waals surface area (Å²) in [7, 11) is 0. The lowest BCUT2D eigenvalue weighted by Gasteiger charge is -2.10. The van der Waals surface area contributed by atoms with Crippen molar-refractivity contribution in [1.29, 1.82) is 0 Å². The number of thioether (sulfide) groups is 1. The van der Waals surface area contributed by atoms with E-state index in [1.54, 1.807) is 23.5 Å². The first-order chi connectivity index (χ1) is 10.6. The van der Waals surface area contributed by atoms with Crippen LogP contribution in [0.3, 0.4) is 0 Å². The number of amides is 1. The molecule has 2 aromatic carbocycles. The number of hydrogen-bond donors (Lipinski definition) is 1. The lowest BCUT2D eigenvalue weighted by molar-refractivity contribution is -0.115. The van der Waals surface area contributed by atoms with E-state index in [4.69, 9.17) is 0 Å². The molecule has 1 heterocycles. The second kappa shape index (κ2) is 6.46. The molecule has 0 aliphatic rings. The molecule has 3 aromatic rings. The van der Waals surface area contributed by atoms with Crippen molar-refractivity contribution in [2.75, 3.05) is 5.32 Å². The predicted octanol–water partition coefficient (Wildman–Crippen LogP) is 4.55. The minimum Gasteiger partial charge on any atom is -0.325 e. The van der Waals surface area contributed by atoms with Crippen LogP contribution in [-0.2, 0) is 4.79 Å². The summed E-state index contributed by atoms with van der Waals surface area (Å²) in [5.74, 6) is -0.453. The molecule has 1 N–H and O–H groups in total. The Labute approximate surface area is 135 Å². The van der Waals surface area contributed by atoms with Gasteiger partial charge in [0.15, 0.2) is 4.34 Å². The topological polar surface area (TPSA) is 42.0 Å². The number of carbonyl (C=O) groups excluding carboxylic acids is 1. The van der Waals surface area contributed by atoms with Crippen molar-refractivity contribution < 1.29 is 9.18 Å². The number of aromatic nitrogens is 1. The molecule has 112 valence electrons. The highest BCUT2D eigenvalue weighted by molar-refractivity contribution is 8.02. The molecule has 0 saturated carbocycles. The summed E-state index contributed by atoms with van der Waals surface area (Å²) in [6, 6.07) is 13.6. The van der Waals surface area contributed by atoms with E-state index in [1.807, 2.05) is 31.2 Å². The Morgan fingerprint density at radius 1 is 1.23 bits per heavy atom. The molecule has 1 amide bonds. The molecule has 6 heteroatoms. The minimum absolute atomic E-state index is 0.129. The molecule has 1 aromatic heterocycles. The van der Waals surface area contributed by atoms with Gasteiger partial charge >= 0.3 is 0 Å². The maximum Gasteiger partial charge on any atom is 0.237 e. The van der Waals surface area contributed by atoms with Crippen LogP contribution < -0.4 is 5.32 Å². The highest BCUT2D eigenvalue weighted by atomic mass is 32.2. The van der Waals surface area contributed by atoms with Crippen LogP contribution in [0.1, 0.15) is 6.92 Å². The molecular formula is C16H13FN2OS2. The van der Waals surface area contributed by atoms with Gasteiger partial charge in [0, 0.05) is 5.69 Å². The summed E-state index contributed by atoms with van der Waals surface area (Å²) < 4.78 is 14.8. The van der Waals surface area contributed by atoms with Crippen LogP contribution in [0.25, 0.3) is 10.2 Å². The third-order valence-corrected chi connectivity index (χ3v) is 5.26. The number of nitrogens with one attached hydrogen (secondary N) is 1. The van der Waals surface area contributed by atoms with Crippen LogP contribution in [0.2, 0.25) is 0 Å². The number of hydrogen-bond acceptors (Lipinski definition) is 4. The van der Waals surface area contributed by atoms with E-state index in [0.29, 0.717) is 5.69 Å². The second-order valence-corrected chi connectivity index (χ2v) is 7.32. The molecule has 0 fully saturated rings. The average Bonchev–Trinajstić information content (AvgIpc) is 2.91. The molecule has 0 aliphatic heterocycles. The first kappa shape index (κ1) is 15.0. The summed E-state index contributed by atoms with van der Waals surface area (Å²) in [6.07, 6.45) is 0. The van der Waals surface area contributed by atoms with E-state index >= 15 is 0 Å². The van der Waals surface area contributed by atoms with Crippen molar-refractivity contribution in [3.63, 3.8) is 0 Å². The standard InChI is InChI=1S/C16H13FN2OS2/c1-10(15(20)18-12-8-6-11(17)7-9-12)21-16-19-13-4-2-3-5-14(13)22-16/h2-10H,1H3,(H,18,20)/t10-/m0/s1. The number of thiazole rings is 1. The van der Waals surface area contributed by atoms with Gasteiger partial charge in [-0.25, -0.2) is 9.37 Å². The first-order valence-corrected chi connectivity index (χ1v) is 8.40. The van der Waals surface area contributed by atoms with Crippen LogP contribution >= 0.6 is 23.1 Å². The number of para-hydroxylation sites is 1. The summed E-state index contributed by atoms with van der Waals surface area (Å²) >= 11 is 2.99. The van der Waals surface area contributed by atoms with Crippen molar-refractivity contribution in [3.05, 3.63) is 54.3 Å². The number of fused-ring (bicyclic) bond motifs is 1. The Kier molecular flexibility index (Phi) is 4.40. The van der Waals surface area contributed by atoms with Crippen molar-refractivity contribution in [2.45, 2.75) is 16.5 Å². The number of rotatable bonds is 4. The zero-order valence-electron chi connectivity index (χ0n) is 11.7. The van der Waals surface area contributed by atoms with E-state index in [0.717, 1.165) is 14.6 Å². The fourth-order valence-corrected chi connectivity index (χ4v) is 4.09. The summed E-state index contributed by atoms with van der Waals surface area (Å²) in [4.78, 5) is 16.7. The second-order valence-electron chi connectivity index (χ2n) is 4.70. The van der Waals surface area contributed by atoms with E-state index in [1.165, 1.54) is 23.9 Å². The first-order valence-electron chi connectivity index (χ1n) is 6.70. The van der Waals surface area contributed by atoms with Crippen molar-refractivity contribution in [1.82, 2.24) is 4.98 Å². The van der Waals surface area contributed by atoms with Gasteiger partial charge in [-0.3, -0.25) is 4.79 Å². The van der Waals surface area contributed by atoms with Gasteiger partial charge in [0.2, 0.25) is 5.91 Å². The molecule has 0 saturated heterocycles. The quantitative estimate of drug-likeness (QED) is 0.712. The third kappa shape index (κ3) is 3.45. The van der Waals surface area contributed by atoms with Gasteiger partial charge in [-0.05, 0) is 43.3 Å². The number of halogens is 1. The molecule has 3 rings (SSSR count). The fraction of sp³-hybridized carbons (Fsp3) is 0.125. The van der Waals surface area contributed by atoms with Gasteiger partial charge < -0.3 is 5.32 Å². The Balaban J connectivity index is 1.66. The van der Waals surface area contributed by atoms with Crippen LogP contribution in [0.5, 0.6) is 0 Å². The molecule has 0 aliphatic carbocycles. The van der Waals surface area contributed by atoms with Crippen molar-refractivity contribution in [3.8, 4) is 0 Å². The molecule has 3 nitrogen and oxygen atoms in total. The smallest absolute Gasteiger partial charge is 0.237 e. The minimum atomic E-state index is -0.324. The third-order valence-electron chi connectivity index (χ3n) is 3.03. The highest BCUT2D eigenvalue weighted by Gasteiger charge is 2.17. The molecular weight excluding hydrogens is 319 g/mol. The molecule has 0 bridgehead atoms. The van der Waals surface area contributed by atoms with Crippen molar-refractivity contribution >= 4 is 44.9 Å². The van der Waals surface area contributed by atoms with Crippen LogP contribution in [-0.4, -0.2) is 16.1 Å². The number of carbonyl (C=O) groups is 1. The van der Waals surface area contributed by atoms with Crippen LogP contribution in [0, 0.1) is 5.82 Å². The van der Waals surface area contributed by atoms with Crippen molar-refractivity contribution in [2.24, 2.45) is 0 Å². The molecule has 1 atom stereocenters. The lowest BCUT2D eigenvalue weighted by atomic mass is 10.3. The summed E-state index contributed by atoms with van der Waals surface area (Å²) in [5.41, 5.74) is 1.53. The Morgan fingerprint density at radius 3 is 2.68 bits per heavy atom. The Hall–Kier alpha value is -1.92. The van der Waals surface area contributed by atoms with Crippen LogP contribution in [0.4, 0.5) is 10.1 Å². The number of anilines is 1.